The van der Waals surface area contributed by atoms with E-state index in [0.29, 0.717) is 24.2 Å². The number of amides is 1. The number of aliphatic hydroxyl groups excluding tert-OH is 1. The summed E-state index contributed by atoms with van der Waals surface area (Å²) in [6.45, 7) is 6.88. The van der Waals surface area contributed by atoms with Gasteiger partial charge in [0, 0.05) is 5.41 Å². The van der Waals surface area contributed by atoms with Gasteiger partial charge in [0.05, 0.1) is 11.8 Å². The molecule has 36 heavy (non-hydrogen) atoms. The maximum Gasteiger partial charge on any atom is 0.328 e. The molecule has 0 aliphatic heterocycles. The van der Waals surface area contributed by atoms with E-state index in [1.807, 2.05) is 0 Å². The van der Waals surface area contributed by atoms with Crippen LogP contribution in [0.25, 0.3) is 0 Å². The molecule has 200 valence electrons. The van der Waals surface area contributed by atoms with Crippen molar-refractivity contribution in [2.75, 3.05) is 6.61 Å². The fourth-order valence-corrected chi connectivity index (χ4v) is 8.01. The number of ketones is 1. The zero-order valence-electron chi connectivity index (χ0n) is 21.7. The second-order valence-electron chi connectivity index (χ2n) is 11.9. The van der Waals surface area contributed by atoms with Crippen LogP contribution >= 0.6 is 0 Å². The number of Topliss-reactive ketones (excluding diaryl/α,β-unsaturated/α-hetero) is 1. The van der Waals surface area contributed by atoms with E-state index in [1.165, 1.54) is 19.4 Å². The predicted molar refractivity (Wildman–Crippen MR) is 132 cm³/mol. The Morgan fingerprint density at radius 1 is 1.14 bits per heavy atom. The SMILES string of the molecule is CC(=O)[C@@]1(O)CC[C@H]2[C@@H]3CCC4=CC(=NOCC(=O)N[C@H](C(=O)O)[C@@H](C)O)CC[C@]4(C)[C@H]3CC[C@@]21C. The molecule has 4 rings (SSSR count). The summed E-state index contributed by atoms with van der Waals surface area (Å²) in [6.07, 6.45) is 7.83. The van der Waals surface area contributed by atoms with Crippen LogP contribution < -0.4 is 5.32 Å². The highest BCUT2D eigenvalue weighted by atomic mass is 16.6. The van der Waals surface area contributed by atoms with Crippen molar-refractivity contribution in [3.05, 3.63) is 11.6 Å². The van der Waals surface area contributed by atoms with Crippen LogP contribution in [-0.2, 0) is 19.2 Å². The number of nitrogens with zero attached hydrogens (tertiary/aromatic N) is 1. The Morgan fingerprint density at radius 2 is 1.83 bits per heavy atom. The summed E-state index contributed by atoms with van der Waals surface area (Å²) >= 11 is 0. The van der Waals surface area contributed by atoms with Crippen LogP contribution in [0.4, 0.5) is 0 Å². The molecular weight excluding hydrogens is 464 g/mol. The lowest BCUT2D eigenvalue weighted by molar-refractivity contribution is -0.159. The number of carboxylic acid groups (broad SMARTS) is 1. The number of hydrogen-bond acceptors (Lipinski definition) is 7. The van der Waals surface area contributed by atoms with Gasteiger partial charge in [0.15, 0.2) is 18.4 Å². The third-order valence-electron chi connectivity index (χ3n) is 10.2. The number of allylic oxidation sites excluding steroid dienone is 2. The van der Waals surface area contributed by atoms with Gasteiger partial charge in [-0.05, 0) is 94.5 Å². The van der Waals surface area contributed by atoms with E-state index in [0.717, 1.165) is 50.7 Å². The molecule has 4 aliphatic rings. The molecule has 0 bridgehead atoms. The second-order valence-corrected chi connectivity index (χ2v) is 11.9. The first-order valence-electron chi connectivity index (χ1n) is 13.2. The Kier molecular flexibility index (Phi) is 7.11. The fourth-order valence-electron chi connectivity index (χ4n) is 8.01. The molecular formula is C27H40N2O7. The van der Waals surface area contributed by atoms with E-state index in [2.05, 4.69) is 30.4 Å². The summed E-state index contributed by atoms with van der Waals surface area (Å²) in [5.41, 5.74) is 0.622. The third-order valence-corrected chi connectivity index (χ3v) is 10.2. The summed E-state index contributed by atoms with van der Waals surface area (Å²) in [4.78, 5) is 40.8. The van der Waals surface area contributed by atoms with Gasteiger partial charge in [0.2, 0.25) is 0 Å². The van der Waals surface area contributed by atoms with E-state index in [1.54, 1.807) is 0 Å². The Morgan fingerprint density at radius 3 is 2.47 bits per heavy atom. The van der Waals surface area contributed by atoms with Crippen LogP contribution in [-0.4, -0.2) is 63.0 Å². The summed E-state index contributed by atoms with van der Waals surface area (Å²) < 4.78 is 0. The molecule has 8 atom stereocenters. The molecule has 0 aromatic carbocycles. The molecule has 4 aliphatic carbocycles. The lowest BCUT2D eigenvalue weighted by Crippen LogP contribution is -2.57. The highest BCUT2D eigenvalue weighted by Gasteiger charge is 2.65. The van der Waals surface area contributed by atoms with Crippen molar-refractivity contribution >= 4 is 23.4 Å². The van der Waals surface area contributed by atoms with E-state index in [9.17, 15) is 24.6 Å². The molecule has 0 aromatic heterocycles. The molecule has 0 radical (unpaired) electrons. The van der Waals surface area contributed by atoms with E-state index in [-0.39, 0.29) is 16.6 Å². The molecule has 9 heteroatoms. The van der Waals surface area contributed by atoms with Gasteiger partial charge in [-0.1, -0.05) is 24.6 Å². The number of hydrogen-bond donors (Lipinski definition) is 4. The standard InChI is InChI=1S/C27H40N2O7/c1-15(30)23(24(33)34)28-22(32)14-36-29-18-7-10-25(3)17(13-18)5-6-19-20(25)8-11-26(4)21(19)9-12-27(26,35)16(2)31/h13,15,19-21,23,30,35H,5-12,14H2,1-4H3,(H,28,32)(H,33,34)/t15-,19-,20+,21+,23+,25+,26+,27+/m1/s1. The Balaban J connectivity index is 1.42. The van der Waals surface area contributed by atoms with Crippen molar-refractivity contribution in [2.24, 2.45) is 33.7 Å². The molecule has 3 saturated carbocycles. The number of fused-ring (bicyclic) bond motifs is 5. The fraction of sp³-hybridized carbons (Fsp3) is 0.778. The number of carbonyl (C=O) groups is 3. The molecule has 4 N–H and O–H groups in total. The van der Waals surface area contributed by atoms with Crippen LogP contribution in [0, 0.1) is 28.6 Å². The molecule has 0 unspecified atom stereocenters. The largest absolute Gasteiger partial charge is 0.480 e. The van der Waals surface area contributed by atoms with Crippen molar-refractivity contribution in [2.45, 2.75) is 96.8 Å². The summed E-state index contributed by atoms with van der Waals surface area (Å²) in [6, 6.07) is -1.40. The monoisotopic (exact) mass is 504 g/mol. The summed E-state index contributed by atoms with van der Waals surface area (Å²) in [7, 11) is 0. The van der Waals surface area contributed by atoms with Gasteiger partial charge in [-0.25, -0.2) is 4.79 Å². The average molecular weight is 505 g/mol. The first-order valence-corrected chi connectivity index (χ1v) is 13.2. The van der Waals surface area contributed by atoms with Gasteiger partial charge >= 0.3 is 5.97 Å². The highest BCUT2D eigenvalue weighted by molar-refractivity contribution is 5.96. The normalized spacial score (nSPS) is 40.2. The van der Waals surface area contributed by atoms with Gasteiger partial charge in [0.1, 0.15) is 5.60 Å². The number of rotatable bonds is 7. The number of oxime groups is 1. The number of carboxylic acids is 1. The maximum atomic E-state index is 12.4. The molecule has 0 saturated heterocycles. The predicted octanol–water partition coefficient (Wildman–Crippen LogP) is 2.59. The van der Waals surface area contributed by atoms with Crippen molar-refractivity contribution in [3.8, 4) is 0 Å². The van der Waals surface area contributed by atoms with Gasteiger partial charge in [-0.3, -0.25) is 9.59 Å². The first kappa shape index (κ1) is 26.8. The minimum atomic E-state index is -1.40. The molecule has 3 fully saturated rings. The van der Waals surface area contributed by atoms with E-state index >= 15 is 0 Å². The van der Waals surface area contributed by atoms with Gasteiger partial charge in [-0.15, -0.1) is 0 Å². The maximum absolute atomic E-state index is 12.4. The first-order chi connectivity index (χ1) is 16.8. The van der Waals surface area contributed by atoms with Crippen LogP contribution in [0.15, 0.2) is 16.8 Å². The minimum Gasteiger partial charge on any atom is -0.480 e. The number of nitrogens with one attached hydrogen (secondary N) is 1. The minimum absolute atomic E-state index is 0.0452. The summed E-state index contributed by atoms with van der Waals surface area (Å²) in [5.74, 6) is -0.709. The van der Waals surface area contributed by atoms with Crippen molar-refractivity contribution in [3.63, 3.8) is 0 Å². The average Bonchev–Trinajstić information content (AvgIpc) is 3.09. The molecule has 0 aromatic rings. The third kappa shape index (κ3) is 4.28. The topological polar surface area (TPSA) is 146 Å². The number of aliphatic carboxylic acids is 1. The summed E-state index contributed by atoms with van der Waals surface area (Å²) in [5, 5.41) is 36.3. The quantitative estimate of drug-likeness (QED) is 0.390. The Hall–Kier alpha value is -2.26. The second kappa shape index (κ2) is 9.56. The van der Waals surface area contributed by atoms with Crippen LogP contribution in [0.5, 0.6) is 0 Å². The van der Waals surface area contributed by atoms with Crippen molar-refractivity contribution < 1.29 is 34.5 Å². The smallest absolute Gasteiger partial charge is 0.328 e. The Bertz CT molecular complexity index is 991. The van der Waals surface area contributed by atoms with E-state index in [4.69, 9.17) is 9.94 Å². The van der Waals surface area contributed by atoms with Crippen molar-refractivity contribution in [1.82, 2.24) is 5.32 Å². The lowest BCUT2D eigenvalue weighted by atomic mass is 9.46. The molecule has 0 heterocycles. The molecule has 0 spiro atoms. The zero-order chi connectivity index (χ0) is 26.5. The number of aliphatic hydroxyl groups is 2. The van der Waals surface area contributed by atoms with Crippen molar-refractivity contribution in [1.29, 1.82) is 0 Å². The van der Waals surface area contributed by atoms with Crippen LogP contribution in [0.3, 0.4) is 0 Å². The Labute approximate surface area is 212 Å². The zero-order valence-corrected chi connectivity index (χ0v) is 21.7. The molecule has 9 nitrogen and oxygen atoms in total. The highest BCUT2D eigenvalue weighted by Crippen LogP contribution is 2.67. The lowest BCUT2D eigenvalue weighted by Gasteiger charge is -2.59. The van der Waals surface area contributed by atoms with E-state index < -0.39 is 36.2 Å². The van der Waals surface area contributed by atoms with Gasteiger partial charge in [-0.2, -0.15) is 0 Å². The van der Waals surface area contributed by atoms with Gasteiger partial charge in [0.25, 0.3) is 5.91 Å². The number of carbonyl (C=O) groups excluding carboxylic acids is 2. The van der Waals surface area contributed by atoms with Gasteiger partial charge < -0.3 is 25.5 Å². The molecule has 1 amide bonds. The van der Waals surface area contributed by atoms with Crippen LogP contribution in [0.2, 0.25) is 0 Å². The van der Waals surface area contributed by atoms with Crippen LogP contribution in [0.1, 0.15) is 79.1 Å².